The molecule has 0 fully saturated rings. The predicted molar refractivity (Wildman–Crippen MR) is 278 cm³/mol. The lowest BCUT2D eigenvalue weighted by atomic mass is 9.83. The first-order chi connectivity index (χ1) is 31.0. The van der Waals surface area contributed by atoms with Crippen LogP contribution < -0.4 is 9.80 Å². The number of nitrogens with zero attached hydrogens (tertiary/aromatic N) is 4. The van der Waals surface area contributed by atoms with Crippen LogP contribution in [0.2, 0.25) is 0 Å². The van der Waals surface area contributed by atoms with Crippen LogP contribution in [0.1, 0.15) is 52.9 Å². The molecule has 12 aromatic rings. The molecule has 4 aromatic heterocycles. The van der Waals surface area contributed by atoms with Gasteiger partial charge >= 0.3 is 0 Å². The fraction of sp³-hybridized carbons (Fsp3) is 0.138. The zero-order chi connectivity index (χ0) is 43.5. The van der Waals surface area contributed by atoms with Crippen LogP contribution in [0.25, 0.3) is 72.9 Å². The molecule has 0 N–H and O–H groups in total. The molecule has 0 spiro atoms. The molecule has 4 nitrogen and oxygen atoms in total. The number of benzene rings is 8. The quantitative estimate of drug-likeness (QED) is 0.156. The number of thiophene rings is 2. The van der Waals surface area contributed by atoms with Gasteiger partial charge < -0.3 is 9.80 Å². The van der Waals surface area contributed by atoms with Crippen molar-refractivity contribution in [2.24, 2.45) is 0 Å². The highest BCUT2D eigenvalue weighted by Gasteiger charge is 2.30. The van der Waals surface area contributed by atoms with Gasteiger partial charge in [-0.05, 0) is 84.9 Å². The highest BCUT2D eigenvalue weighted by Crippen LogP contribution is 2.49. The minimum absolute atomic E-state index is 0.271. The molecule has 0 atom stereocenters. The second kappa shape index (κ2) is 14.3. The second-order valence-corrected chi connectivity index (χ2v) is 21.3. The summed E-state index contributed by atoms with van der Waals surface area (Å²) in [6, 6.07) is 62.1. The Morgan fingerprint density at radius 3 is 1.11 bits per heavy atom. The first-order valence-corrected chi connectivity index (χ1v) is 23.7. The second-order valence-electron chi connectivity index (χ2n) is 19.1. The summed E-state index contributed by atoms with van der Waals surface area (Å²) in [5.41, 5.74) is 10.1. The van der Waals surface area contributed by atoms with Crippen LogP contribution in [-0.2, 0) is 10.8 Å². The topological polar surface area (TPSA) is 32.3 Å². The summed E-state index contributed by atoms with van der Waals surface area (Å²) in [5, 5.41) is 9.78. The van der Waals surface area contributed by atoms with Gasteiger partial charge in [0.2, 0.25) is 0 Å². The van der Waals surface area contributed by atoms with Crippen molar-refractivity contribution in [2.45, 2.75) is 52.4 Å². The van der Waals surface area contributed by atoms with E-state index >= 15 is 0 Å². The lowest BCUT2D eigenvalue weighted by molar-refractivity contribution is 0.576. The van der Waals surface area contributed by atoms with Crippen LogP contribution in [0, 0.1) is 0 Å². The van der Waals surface area contributed by atoms with Gasteiger partial charge in [0.1, 0.15) is 0 Å². The molecule has 8 aromatic carbocycles. The van der Waals surface area contributed by atoms with E-state index in [4.69, 9.17) is 9.97 Å². The molecule has 0 saturated heterocycles. The maximum atomic E-state index is 5.75. The van der Waals surface area contributed by atoms with Gasteiger partial charge in [-0.1, -0.05) is 126 Å². The van der Waals surface area contributed by atoms with Crippen molar-refractivity contribution in [3.8, 4) is 0 Å². The van der Waals surface area contributed by atoms with E-state index in [1.165, 1.54) is 51.1 Å². The highest BCUT2D eigenvalue weighted by molar-refractivity contribution is 7.26. The summed E-state index contributed by atoms with van der Waals surface area (Å²) in [6.07, 6.45) is 0. The lowest BCUT2D eigenvalue weighted by Gasteiger charge is -2.31. The summed E-state index contributed by atoms with van der Waals surface area (Å²) < 4.78 is 5.14. The lowest BCUT2D eigenvalue weighted by Crippen LogP contribution is -2.18. The predicted octanol–water partition coefficient (Wildman–Crippen LogP) is 17.6. The smallest absolute Gasteiger partial charge is 0.0740 e. The van der Waals surface area contributed by atoms with E-state index < -0.39 is 0 Å². The number of rotatable bonds is 6. The Morgan fingerprint density at radius 2 is 0.703 bits per heavy atom. The molecule has 4 heterocycles. The summed E-state index contributed by atoms with van der Waals surface area (Å²) in [4.78, 5) is 16.3. The molecule has 0 saturated carbocycles. The van der Waals surface area contributed by atoms with Gasteiger partial charge in [-0.15, -0.1) is 22.7 Å². The van der Waals surface area contributed by atoms with Crippen LogP contribution in [0.3, 0.4) is 0 Å². The summed E-state index contributed by atoms with van der Waals surface area (Å²) in [7, 11) is 0. The number of pyridine rings is 2. The average Bonchev–Trinajstić information content (AvgIpc) is 3.85. The zero-order valence-corrected chi connectivity index (χ0v) is 38.4. The van der Waals surface area contributed by atoms with E-state index in [-0.39, 0.29) is 10.8 Å². The van der Waals surface area contributed by atoms with Crippen molar-refractivity contribution in [1.82, 2.24) is 9.97 Å². The van der Waals surface area contributed by atoms with Gasteiger partial charge in [-0.25, -0.2) is 0 Å². The minimum Gasteiger partial charge on any atom is -0.310 e. The van der Waals surface area contributed by atoms with Crippen molar-refractivity contribution in [2.75, 3.05) is 9.80 Å². The van der Waals surface area contributed by atoms with Gasteiger partial charge in [-0.2, -0.15) is 0 Å². The van der Waals surface area contributed by atoms with Gasteiger partial charge in [0.15, 0.2) is 0 Å². The number of aromatic nitrogens is 2. The highest BCUT2D eigenvalue weighted by atomic mass is 32.1. The Morgan fingerprint density at radius 1 is 0.328 bits per heavy atom. The van der Waals surface area contributed by atoms with Crippen molar-refractivity contribution in [1.29, 1.82) is 0 Å². The number of hydrogen-bond donors (Lipinski definition) is 0. The van der Waals surface area contributed by atoms with Gasteiger partial charge in [-0.3, -0.25) is 9.97 Å². The third-order valence-corrected chi connectivity index (χ3v) is 14.9. The molecule has 0 aliphatic heterocycles. The molecule has 64 heavy (non-hydrogen) atoms. The number of fused-ring (bicyclic) bond motifs is 6. The van der Waals surface area contributed by atoms with E-state index in [1.807, 2.05) is 22.7 Å². The first-order valence-electron chi connectivity index (χ1n) is 22.1. The number of hydrogen-bond acceptors (Lipinski definition) is 6. The third kappa shape index (κ3) is 6.22. The minimum atomic E-state index is -0.271. The Labute approximate surface area is 381 Å². The maximum absolute atomic E-state index is 5.75. The molecule has 0 aliphatic rings. The van der Waals surface area contributed by atoms with Crippen molar-refractivity contribution in [3.63, 3.8) is 0 Å². The van der Waals surface area contributed by atoms with E-state index in [2.05, 4.69) is 221 Å². The van der Waals surface area contributed by atoms with E-state index in [0.29, 0.717) is 0 Å². The Balaban J connectivity index is 1.12. The van der Waals surface area contributed by atoms with Crippen LogP contribution >= 0.6 is 22.7 Å². The Kier molecular flexibility index (Phi) is 8.68. The zero-order valence-electron chi connectivity index (χ0n) is 36.8. The van der Waals surface area contributed by atoms with E-state index in [0.717, 1.165) is 67.3 Å². The van der Waals surface area contributed by atoms with Crippen LogP contribution in [0.5, 0.6) is 0 Å². The molecule has 0 bridgehead atoms. The summed E-state index contributed by atoms with van der Waals surface area (Å²) in [6.45, 7) is 13.7. The Bertz CT molecular complexity index is 3510. The number of anilines is 6. The summed E-state index contributed by atoms with van der Waals surface area (Å²) >= 11 is 3.70. The van der Waals surface area contributed by atoms with E-state index in [1.54, 1.807) is 0 Å². The molecular weight excluding hydrogens is 817 g/mol. The molecule has 0 aliphatic carbocycles. The van der Waals surface area contributed by atoms with Crippen molar-refractivity contribution >= 4 is 130 Å². The van der Waals surface area contributed by atoms with Gasteiger partial charge in [0.25, 0.3) is 0 Å². The fourth-order valence-electron chi connectivity index (χ4n) is 9.82. The Hall–Kier alpha value is -6.86. The molecule has 0 unspecified atom stereocenters. The van der Waals surface area contributed by atoms with Gasteiger partial charge in [0, 0.05) is 107 Å². The largest absolute Gasteiger partial charge is 0.310 e. The molecule has 0 radical (unpaired) electrons. The fourth-order valence-corrected chi connectivity index (χ4v) is 12.1. The standard InChI is InChI=1S/C58H46N4S2/c1-57(2,3)55-45-29-39(61(35-17-9-7-10-18-35)37-25-27-43-41-21-13-15-23-49(41)63-51(43)33-37)32-48-53(45)54-46(56(60-48)58(4,5)6)30-40(31-47(54)59-55)62(36-19-11-8-12-20-36)38-26-28-44-42-22-14-16-24-50(42)64-52(44)34-38/h7-34H,1-6H3. The molecule has 310 valence electrons. The normalized spacial score (nSPS) is 12.5. The van der Waals surface area contributed by atoms with Crippen LogP contribution in [0.15, 0.2) is 170 Å². The van der Waals surface area contributed by atoms with E-state index in [9.17, 15) is 0 Å². The van der Waals surface area contributed by atoms with Crippen molar-refractivity contribution < 1.29 is 0 Å². The molecule has 12 rings (SSSR count). The third-order valence-electron chi connectivity index (χ3n) is 12.6. The average molecular weight is 863 g/mol. The first kappa shape index (κ1) is 38.8. The summed E-state index contributed by atoms with van der Waals surface area (Å²) in [5.74, 6) is 0. The number of para-hydroxylation sites is 2. The van der Waals surface area contributed by atoms with Crippen LogP contribution in [0.4, 0.5) is 34.1 Å². The van der Waals surface area contributed by atoms with Gasteiger partial charge in [0.05, 0.1) is 22.4 Å². The molecule has 6 heteroatoms. The maximum Gasteiger partial charge on any atom is 0.0740 e. The monoisotopic (exact) mass is 862 g/mol. The SMILES string of the molecule is CC(C)(C)c1nc2cc(N(c3ccccc3)c3ccc4c(c3)sc3ccccc34)cc3c(C(C)(C)C)nc4cc(N(c5ccccc5)c5ccc6c(c5)sc5ccccc56)cc1c4c23. The van der Waals surface area contributed by atoms with Crippen molar-refractivity contribution in [3.05, 3.63) is 181 Å². The molecule has 0 amide bonds. The van der Waals surface area contributed by atoms with Crippen LogP contribution in [-0.4, -0.2) is 9.97 Å². The molecular formula is C58H46N4S2.